The Hall–Kier alpha value is -1.64. The van der Waals surface area contributed by atoms with Crippen molar-refractivity contribution in [1.29, 1.82) is 0 Å². The van der Waals surface area contributed by atoms with Crippen molar-refractivity contribution in [2.75, 3.05) is 6.54 Å². The van der Waals surface area contributed by atoms with Crippen LogP contribution in [0.15, 0.2) is 31.0 Å². The molecule has 0 aliphatic carbocycles. The summed E-state index contributed by atoms with van der Waals surface area (Å²) in [7, 11) is 0. The number of hydrogen-bond acceptors (Lipinski definition) is 2. The maximum atomic E-state index is 11.3. The van der Waals surface area contributed by atoms with Gasteiger partial charge >= 0.3 is 0 Å². The lowest BCUT2D eigenvalue weighted by Gasteiger charge is -2.01. The number of hydrogen-bond donors (Lipinski definition) is 1. The smallest absolute Gasteiger partial charge is 0.270 e. The largest absolute Gasteiger partial charge is 0.347 e. The van der Waals surface area contributed by atoms with Gasteiger partial charge in [0.15, 0.2) is 0 Å². The van der Waals surface area contributed by atoms with E-state index in [-0.39, 0.29) is 5.91 Å². The molecule has 0 radical (unpaired) electrons. The molecule has 0 saturated heterocycles. The maximum absolute atomic E-state index is 11.3. The monoisotopic (exact) mass is 176 g/mol. The number of carbonyl (C=O) groups is 1. The van der Waals surface area contributed by atoms with Crippen LogP contribution in [0.4, 0.5) is 0 Å². The molecule has 0 unspecified atom stereocenters. The fourth-order valence-corrected chi connectivity index (χ4v) is 0.916. The Morgan fingerprint density at radius 1 is 1.77 bits per heavy atom. The molecule has 0 aliphatic heterocycles. The molecule has 3 nitrogen and oxygen atoms in total. The summed E-state index contributed by atoms with van der Waals surface area (Å²) in [5, 5.41) is 2.66. The van der Waals surface area contributed by atoms with Gasteiger partial charge in [0.05, 0.1) is 0 Å². The van der Waals surface area contributed by atoms with Gasteiger partial charge in [-0.05, 0) is 24.6 Å². The Bertz CT molecular complexity index is 320. The second-order valence-electron chi connectivity index (χ2n) is 2.72. The molecule has 68 valence electrons. The Labute approximate surface area is 77.5 Å². The molecule has 1 heterocycles. The Morgan fingerprint density at radius 2 is 2.54 bits per heavy atom. The summed E-state index contributed by atoms with van der Waals surface area (Å²) in [6.07, 6.45) is 3.26. The molecule has 1 amide bonds. The lowest BCUT2D eigenvalue weighted by Crippen LogP contribution is -2.24. The molecule has 0 atom stereocenters. The molecule has 0 fully saturated rings. The van der Waals surface area contributed by atoms with Crippen LogP contribution in [0, 0.1) is 6.92 Å². The van der Waals surface area contributed by atoms with Gasteiger partial charge in [0.2, 0.25) is 0 Å². The van der Waals surface area contributed by atoms with E-state index in [2.05, 4.69) is 16.9 Å². The average molecular weight is 176 g/mol. The summed E-state index contributed by atoms with van der Waals surface area (Å²) in [5.41, 5.74) is 1.47. The standard InChI is InChI=1S/C10H12N2O/c1-3-5-12-10(13)9-7-8(2)4-6-11-9/h3-4,6-7H,1,5H2,2H3,(H,12,13). The summed E-state index contributed by atoms with van der Waals surface area (Å²) in [6.45, 7) is 5.90. The number of aromatic nitrogens is 1. The molecule has 1 aromatic heterocycles. The Morgan fingerprint density at radius 3 is 3.15 bits per heavy atom. The second kappa shape index (κ2) is 4.40. The van der Waals surface area contributed by atoms with Crippen LogP contribution >= 0.6 is 0 Å². The molecule has 1 N–H and O–H groups in total. The number of pyridine rings is 1. The molecule has 1 aromatic rings. The highest BCUT2D eigenvalue weighted by Gasteiger charge is 2.04. The van der Waals surface area contributed by atoms with Crippen LogP contribution in [0.1, 0.15) is 16.1 Å². The van der Waals surface area contributed by atoms with E-state index < -0.39 is 0 Å². The van der Waals surface area contributed by atoms with Crippen molar-refractivity contribution < 1.29 is 4.79 Å². The van der Waals surface area contributed by atoms with Crippen LogP contribution in [0.2, 0.25) is 0 Å². The Kier molecular flexibility index (Phi) is 3.20. The van der Waals surface area contributed by atoms with Crippen molar-refractivity contribution in [3.05, 3.63) is 42.2 Å². The minimum absolute atomic E-state index is 0.163. The molecule has 0 aliphatic rings. The zero-order valence-electron chi connectivity index (χ0n) is 7.58. The second-order valence-corrected chi connectivity index (χ2v) is 2.72. The van der Waals surface area contributed by atoms with E-state index in [0.717, 1.165) is 5.56 Å². The van der Waals surface area contributed by atoms with Gasteiger partial charge in [0.1, 0.15) is 5.69 Å². The maximum Gasteiger partial charge on any atom is 0.270 e. The van der Waals surface area contributed by atoms with Gasteiger partial charge in [0.25, 0.3) is 5.91 Å². The number of carbonyl (C=O) groups excluding carboxylic acids is 1. The van der Waals surface area contributed by atoms with Crippen molar-refractivity contribution in [3.8, 4) is 0 Å². The third kappa shape index (κ3) is 2.71. The predicted octanol–water partition coefficient (Wildman–Crippen LogP) is 1.31. The lowest BCUT2D eigenvalue weighted by molar-refractivity contribution is 0.0953. The first-order valence-corrected chi connectivity index (χ1v) is 4.06. The fraction of sp³-hybridized carbons (Fsp3) is 0.200. The van der Waals surface area contributed by atoms with Gasteiger partial charge in [-0.15, -0.1) is 6.58 Å². The number of nitrogens with zero attached hydrogens (tertiary/aromatic N) is 1. The molecule has 1 rings (SSSR count). The molecule has 13 heavy (non-hydrogen) atoms. The van der Waals surface area contributed by atoms with Crippen molar-refractivity contribution in [1.82, 2.24) is 10.3 Å². The predicted molar refractivity (Wildman–Crippen MR) is 51.5 cm³/mol. The summed E-state index contributed by atoms with van der Waals surface area (Å²) in [4.78, 5) is 15.3. The van der Waals surface area contributed by atoms with Gasteiger partial charge < -0.3 is 5.32 Å². The van der Waals surface area contributed by atoms with Gasteiger partial charge in [-0.3, -0.25) is 9.78 Å². The van der Waals surface area contributed by atoms with Crippen LogP contribution in [0.5, 0.6) is 0 Å². The van der Waals surface area contributed by atoms with E-state index in [0.29, 0.717) is 12.2 Å². The first-order valence-electron chi connectivity index (χ1n) is 4.06. The van der Waals surface area contributed by atoms with Crippen LogP contribution in [0.25, 0.3) is 0 Å². The van der Waals surface area contributed by atoms with E-state index in [1.54, 1.807) is 18.3 Å². The molecular formula is C10H12N2O. The first kappa shape index (κ1) is 9.45. The SMILES string of the molecule is C=CCNC(=O)c1cc(C)ccn1. The van der Waals surface area contributed by atoms with Crippen molar-refractivity contribution in [2.45, 2.75) is 6.92 Å². The van der Waals surface area contributed by atoms with E-state index in [4.69, 9.17) is 0 Å². The summed E-state index contributed by atoms with van der Waals surface area (Å²) >= 11 is 0. The molecule has 0 bridgehead atoms. The Balaban J connectivity index is 2.71. The third-order valence-electron chi connectivity index (χ3n) is 1.56. The quantitative estimate of drug-likeness (QED) is 0.705. The minimum Gasteiger partial charge on any atom is -0.347 e. The third-order valence-corrected chi connectivity index (χ3v) is 1.56. The molecule has 0 aromatic carbocycles. The normalized spacial score (nSPS) is 9.31. The fourth-order valence-electron chi connectivity index (χ4n) is 0.916. The van der Waals surface area contributed by atoms with E-state index in [1.165, 1.54) is 0 Å². The number of nitrogens with one attached hydrogen (secondary N) is 1. The zero-order valence-corrected chi connectivity index (χ0v) is 7.58. The highest BCUT2D eigenvalue weighted by Crippen LogP contribution is 1.99. The highest BCUT2D eigenvalue weighted by atomic mass is 16.1. The van der Waals surface area contributed by atoms with Crippen molar-refractivity contribution >= 4 is 5.91 Å². The lowest BCUT2D eigenvalue weighted by atomic mass is 10.2. The van der Waals surface area contributed by atoms with E-state index in [9.17, 15) is 4.79 Å². The van der Waals surface area contributed by atoms with Gasteiger partial charge in [-0.25, -0.2) is 0 Å². The zero-order chi connectivity index (χ0) is 9.68. The van der Waals surface area contributed by atoms with Crippen molar-refractivity contribution in [3.63, 3.8) is 0 Å². The summed E-state index contributed by atoms with van der Waals surface area (Å²) in [6, 6.07) is 3.60. The molecule has 0 saturated carbocycles. The van der Waals surface area contributed by atoms with Crippen LogP contribution in [-0.4, -0.2) is 17.4 Å². The molecular weight excluding hydrogens is 164 g/mol. The first-order chi connectivity index (χ1) is 6.24. The van der Waals surface area contributed by atoms with Crippen LogP contribution < -0.4 is 5.32 Å². The summed E-state index contributed by atoms with van der Waals surface area (Å²) in [5.74, 6) is -0.163. The molecule has 3 heteroatoms. The van der Waals surface area contributed by atoms with Crippen LogP contribution in [-0.2, 0) is 0 Å². The van der Waals surface area contributed by atoms with Gasteiger partial charge in [0, 0.05) is 12.7 Å². The topological polar surface area (TPSA) is 42.0 Å². The highest BCUT2D eigenvalue weighted by molar-refractivity contribution is 5.92. The van der Waals surface area contributed by atoms with Crippen molar-refractivity contribution in [2.24, 2.45) is 0 Å². The van der Waals surface area contributed by atoms with Gasteiger partial charge in [-0.2, -0.15) is 0 Å². The molecule has 0 spiro atoms. The minimum atomic E-state index is -0.163. The summed E-state index contributed by atoms with van der Waals surface area (Å²) < 4.78 is 0. The van der Waals surface area contributed by atoms with Gasteiger partial charge in [-0.1, -0.05) is 6.08 Å². The number of amides is 1. The number of aryl methyl sites for hydroxylation is 1. The average Bonchev–Trinajstić information content (AvgIpc) is 2.14. The van der Waals surface area contributed by atoms with E-state index >= 15 is 0 Å². The number of rotatable bonds is 3. The van der Waals surface area contributed by atoms with Crippen LogP contribution in [0.3, 0.4) is 0 Å². The van der Waals surface area contributed by atoms with E-state index in [1.807, 2.05) is 13.0 Å².